The number of thiophene rings is 1. The number of fused-ring (bicyclic) bond motifs is 1. The first-order valence-corrected chi connectivity index (χ1v) is 12.2. The molecule has 0 spiro atoms. The Labute approximate surface area is 201 Å². The number of amides is 1. The molecule has 2 aliphatic rings. The number of rotatable bonds is 6. The number of hydrogen-bond acceptors (Lipinski definition) is 7. The van der Waals surface area contributed by atoms with Crippen LogP contribution >= 0.6 is 11.3 Å². The summed E-state index contributed by atoms with van der Waals surface area (Å²) in [6, 6.07) is 16.4. The maximum atomic E-state index is 13.7. The molecule has 3 aromatic rings. The highest BCUT2D eigenvalue weighted by atomic mass is 32.1. The molecule has 0 bridgehead atoms. The topological polar surface area (TPSA) is 85.2 Å². The summed E-state index contributed by atoms with van der Waals surface area (Å²) >= 11 is 1.62. The molecule has 0 N–H and O–H groups in total. The Bertz CT molecular complexity index is 1180. The molecule has 5 rings (SSSR count). The fourth-order valence-corrected chi connectivity index (χ4v) is 5.22. The quantitative estimate of drug-likeness (QED) is 0.370. The number of anilines is 2. The third-order valence-corrected chi connectivity index (χ3v) is 7.12. The molecule has 0 atom stereocenters. The first-order valence-electron chi connectivity index (χ1n) is 11.3. The summed E-state index contributed by atoms with van der Waals surface area (Å²) in [7, 11) is 0. The van der Waals surface area contributed by atoms with E-state index in [1.165, 1.54) is 6.07 Å². The lowest BCUT2D eigenvalue weighted by Crippen LogP contribution is -2.42. The Morgan fingerprint density at radius 1 is 1.06 bits per heavy atom. The lowest BCUT2D eigenvalue weighted by atomic mass is 9.94. The van der Waals surface area contributed by atoms with E-state index in [0.717, 1.165) is 10.6 Å². The van der Waals surface area contributed by atoms with Gasteiger partial charge < -0.3 is 19.3 Å². The summed E-state index contributed by atoms with van der Waals surface area (Å²) < 4.78 is 11.4. The van der Waals surface area contributed by atoms with Crippen molar-refractivity contribution in [2.24, 2.45) is 5.92 Å². The van der Waals surface area contributed by atoms with Gasteiger partial charge >= 0.3 is 0 Å². The summed E-state index contributed by atoms with van der Waals surface area (Å²) in [4.78, 5) is 29.8. The van der Waals surface area contributed by atoms with Crippen molar-refractivity contribution in [1.82, 2.24) is 0 Å². The number of nitro groups is 1. The number of carbonyl (C=O) groups excluding carboxylic acids is 1. The Balaban J connectivity index is 1.35. The highest BCUT2D eigenvalue weighted by Crippen LogP contribution is 2.37. The van der Waals surface area contributed by atoms with Crippen molar-refractivity contribution >= 4 is 34.3 Å². The number of nitro benzene ring substituents is 1. The van der Waals surface area contributed by atoms with Gasteiger partial charge in [0.25, 0.3) is 5.69 Å². The molecule has 8 nitrogen and oxygen atoms in total. The van der Waals surface area contributed by atoms with Crippen LogP contribution < -0.4 is 19.3 Å². The standard InChI is InChI=1S/C25H25N3O5S/c29-25(18-9-11-26(12-10-18)21-5-1-2-6-22(21)28(30)31)27(17-20-4-3-15-34-20)19-7-8-23-24(16-19)33-14-13-32-23/h1-8,15-16,18H,9-14,17H2. The molecule has 176 valence electrons. The molecule has 1 saturated heterocycles. The summed E-state index contributed by atoms with van der Waals surface area (Å²) in [5.41, 5.74) is 1.49. The van der Waals surface area contributed by atoms with Crippen LogP contribution in [0.1, 0.15) is 17.7 Å². The summed E-state index contributed by atoms with van der Waals surface area (Å²) in [6.45, 7) is 2.67. The Hall–Kier alpha value is -3.59. The van der Waals surface area contributed by atoms with E-state index in [2.05, 4.69) is 0 Å². The number of nitrogens with zero attached hydrogens (tertiary/aromatic N) is 3. The van der Waals surface area contributed by atoms with Crippen LogP contribution in [-0.2, 0) is 11.3 Å². The fourth-order valence-electron chi connectivity index (χ4n) is 4.53. The summed E-state index contributed by atoms with van der Waals surface area (Å²) in [5.74, 6) is 1.25. The maximum absolute atomic E-state index is 13.7. The number of carbonyl (C=O) groups is 1. The molecule has 2 aromatic carbocycles. The molecule has 3 heterocycles. The highest BCUT2D eigenvalue weighted by molar-refractivity contribution is 7.09. The molecule has 1 amide bonds. The first kappa shape index (κ1) is 22.2. The van der Waals surface area contributed by atoms with Gasteiger partial charge in [-0.05, 0) is 42.5 Å². The number of para-hydroxylation sites is 2. The molecule has 0 aliphatic carbocycles. The van der Waals surface area contributed by atoms with E-state index in [1.807, 2.05) is 51.6 Å². The van der Waals surface area contributed by atoms with Crippen LogP contribution in [0.25, 0.3) is 0 Å². The minimum atomic E-state index is -0.350. The normalized spacial score (nSPS) is 15.7. The SMILES string of the molecule is O=C(C1CCN(c2ccccc2[N+](=O)[O-])CC1)N(Cc1cccs1)c1ccc2c(c1)OCCO2. The van der Waals surface area contributed by atoms with E-state index in [0.29, 0.717) is 62.9 Å². The lowest BCUT2D eigenvalue weighted by Gasteiger charge is -2.35. The first-order chi connectivity index (χ1) is 16.6. The van der Waals surface area contributed by atoms with Crippen LogP contribution in [0.4, 0.5) is 17.1 Å². The van der Waals surface area contributed by atoms with Crippen LogP contribution in [0, 0.1) is 16.0 Å². The van der Waals surface area contributed by atoms with Gasteiger partial charge in [-0.3, -0.25) is 14.9 Å². The van der Waals surface area contributed by atoms with Crippen LogP contribution in [0.3, 0.4) is 0 Å². The lowest BCUT2D eigenvalue weighted by molar-refractivity contribution is -0.384. The fraction of sp³-hybridized carbons (Fsp3) is 0.320. The molecular weight excluding hydrogens is 454 g/mol. The van der Waals surface area contributed by atoms with Gasteiger partial charge in [-0.2, -0.15) is 0 Å². The highest BCUT2D eigenvalue weighted by Gasteiger charge is 2.32. The second-order valence-corrected chi connectivity index (χ2v) is 9.37. The molecule has 0 saturated carbocycles. The van der Waals surface area contributed by atoms with Gasteiger partial charge in [-0.15, -0.1) is 11.3 Å². The largest absolute Gasteiger partial charge is 0.486 e. The second-order valence-electron chi connectivity index (χ2n) is 8.34. The zero-order valence-electron chi connectivity index (χ0n) is 18.6. The van der Waals surface area contributed by atoms with Crippen molar-refractivity contribution in [3.63, 3.8) is 0 Å². The van der Waals surface area contributed by atoms with Crippen molar-refractivity contribution in [3.8, 4) is 11.5 Å². The van der Waals surface area contributed by atoms with Crippen molar-refractivity contribution in [2.75, 3.05) is 36.1 Å². The molecule has 0 radical (unpaired) electrons. The average Bonchev–Trinajstić information content (AvgIpc) is 3.40. The Morgan fingerprint density at radius 2 is 1.82 bits per heavy atom. The average molecular weight is 480 g/mol. The van der Waals surface area contributed by atoms with Gasteiger partial charge in [-0.25, -0.2) is 0 Å². The van der Waals surface area contributed by atoms with Gasteiger partial charge in [0.1, 0.15) is 18.9 Å². The number of piperidine rings is 1. The second kappa shape index (κ2) is 9.72. The molecule has 0 unspecified atom stereocenters. The number of ether oxygens (including phenoxy) is 2. The van der Waals surface area contributed by atoms with Gasteiger partial charge in [0, 0.05) is 41.7 Å². The van der Waals surface area contributed by atoms with Gasteiger partial charge in [0.2, 0.25) is 5.91 Å². The summed E-state index contributed by atoms with van der Waals surface area (Å²) in [6.07, 6.45) is 1.27. The van der Waals surface area contributed by atoms with E-state index >= 15 is 0 Å². The van der Waals surface area contributed by atoms with Crippen LogP contribution in [0.2, 0.25) is 0 Å². The number of hydrogen-bond donors (Lipinski definition) is 0. The van der Waals surface area contributed by atoms with Crippen LogP contribution in [-0.4, -0.2) is 37.1 Å². The van der Waals surface area contributed by atoms with Crippen molar-refractivity contribution in [2.45, 2.75) is 19.4 Å². The van der Waals surface area contributed by atoms with Crippen LogP contribution in [0.5, 0.6) is 11.5 Å². The van der Waals surface area contributed by atoms with Crippen LogP contribution in [0.15, 0.2) is 60.0 Å². The molecular formula is C25H25N3O5S. The predicted octanol–water partition coefficient (Wildman–Crippen LogP) is 4.88. The van der Waals surface area contributed by atoms with Gasteiger partial charge in [0.05, 0.1) is 11.5 Å². The molecule has 34 heavy (non-hydrogen) atoms. The minimum absolute atomic E-state index is 0.0623. The van der Waals surface area contributed by atoms with Crippen molar-refractivity contribution < 1.29 is 19.2 Å². The zero-order valence-corrected chi connectivity index (χ0v) is 19.4. The molecule has 1 aromatic heterocycles. The molecule has 2 aliphatic heterocycles. The van der Waals surface area contributed by atoms with Gasteiger partial charge in [-0.1, -0.05) is 18.2 Å². The van der Waals surface area contributed by atoms with Crippen molar-refractivity contribution in [1.29, 1.82) is 0 Å². The molecule has 1 fully saturated rings. The van der Waals surface area contributed by atoms with Gasteiger partial charge in [0.15, 0.2) is 11.5 Å². The third-order valence-electron chi connectivity index (χ3n) is 6.26. The Kier molecular flexibility index (Phi) is 6.35. The minimum Gasteiger partial charge on any atom is -0.486 e. The van der Waals surface area contributed by atoms with Crippen molar-refractivity contribution in [3.05, 3.63) is 75.0 Å². The monoisotopic (exact) mass is 479 g/mol. The van der Waals surface area contributed by atoms with E-state index in [1.54, 1.807) is 23.5 Å². The van der Waals surface area contributed by atoms with E-state index < -0.39 is 0 Å². The van der Waals surface area contributed by atoms with E-state index in [9.17, 15) is 14.9 Å². The van der Waals surface area contributed by atoms with E-state index in [4.69, 9.17) is 9.47 Å². The maximum Gasteiger partial charge on any atom is 0.292 e. The molecule has 9 heteroatoms. The summed E-state index contributed by atoms with van der Waals surface area (Å²) in [5, 5.41) is 13.4. The zero-order chi connectivity index (χ0) is 23.5. The third kappa shape index (κ3) is 4.56. The number of benzene rings is 2. The van der Waals surface area contributed by atoms with E-state index in [-0.39, 0.29) is 22.4 Å². The Morgan fingerprint density at radius 3 is 2.56 bits per heavy atom. The predicted molar refractivity (Wildman–Crippen MR) is 131 cm³/mol. The smallest absolute Gasteiger partial charge is 0.292 e.